The maximum Gasteiger partial charge on any atom is 0.236 e. The van der Waals surface area contributed by atoms with Crippen molar-refractivity contribution >= 4 is 34.9 Å². The maximum atomic E-state index is 10.6. The van der Waals surface area contributed by atoms with Gasteiger partial charge in [-0.25, -0.2) is 9.97 Å². The molecule has 0 aliphatic rings. The van der Waals surface area contributed by atoms with Crippen LogP contribution in [0, 0.1) is 0 Å². The van der Waals surface area contributed by atoms with Gasteiger partial charge in [0, 0.05) is 13.1 Å². The van der Waals surface area contributed by atoms with Crippen molar-refractivity contribution in [1.82, 2.24) is 9.97 Å². The molecular formula is C7H8Cl2N4O. The van der Waals surface area contributed by atoms with Gasteiger partial charge >= 0.3 is 0 Å². The van der Waals surface area contributed by atoms with Crippen molar-refractivity contribution in [3.63, 3.8) is 0 Å². The molecule has 0 saturated carbocycles. The number of nitrogens with zero attached hydrogens (tertiary/aromatic N) is 3. The topological polar surface area (TPSA) is 72.1 Å². The van der Waals surface area contributed by atoms with Crippen LogP contribution < -0.4 is 10.6 Å². The number of halogens is 2. The summed E-state index contributed by atoms with van der Waals surface area (Å²) in [6, 6.07) is 1.50. The lowest BCUT2D eigenvalue weighted by molar-refractivity contribution is -0.116. The quantitative estimate of drug-likeness (QED) is 0.618. The Labute approximate surface area is 90.8 Å². The van der Waals surface area contributed by atoms with Crippen molar-refractivity contribution in [2.24, 2.45) is 5.73 Å². The van der Waals surface area contributed by atoms with Crippen molar-refractivity contribution in [1.29, 1.82) is 0 Å². The van der Waals surface area contributed by atoms with E-state index in [-0.39, 0.29) is 17.0 Å². The fraction of sp³-hybridized carbons (Fsp3) is 0.286. The number of aromatic nitrogens is 2. The van der Waals surface area contributed by atoms with Gasteiger partial charge in [0.05, 0.1) is 6.54 Å². The lowest BCUT2D eigenvalue weighted by Crippen LogP contribution is -2.31. The fourth-order valence-corrected chi connectivity index (χ4v) is 1.29. The van der Waals surface area contributed by atoms with Crippen LogP contribution in [0.3, 0.4) is 0 Å². The molecule has 76 valence electrons. The number of likely N-dealkylation sites (N-methyl/N-ethyl adjacent to an activating group) is 1. The van der Waals surface area contributed by atoms with Crippen LogP contribution in [0.15, 0.2) is 6.07 Å². The van der Waals surface area contributed by atoms with E-state index in [2.05, 4.69) is 9.97 Å². The lowest BCUT2D eigenvalue weighted by Gasteiger charge is -2.15. The zero-order valence-corrected chi connectivity index (χ0v) is 8.88. The van der Waals surface area contributed by atoms with Gasteiger partial charge in [0.25, 0.3) is 0 Å². The predicted octanol–water partition coefficient (Wildman–Crippen LogP) is 0.705. The number of amides is 1. The molecule has 1 aromatic heterocycles. The van der Waals surface area contributed by atoms with Crippen molar-refractivity contribution in [3.05, 3.63) is 16.5 Å². The first-order valence-corrected chi connectivity index (χ1v) is 4.44. The summed E-state index contributed by atoms with van der Waals surface area (Å²) in [5.74, 6) is -0.00726. The third-order valence-electron chi connectivity index (χ3n) is 1.44. The molecule has 0 aliphatic carbocycles. The Morgan fingerprint density at radius 1 is 1.57 bits per heavy atom. The highest BCUT2D eigenvalue weighted by atomic mass is 35.5. The SMILES string of the molecule is CN(CC(N)=O)c1cc(Cl)nc(Cl)n1. The Morgan fingerprint density at radius 3 is 2.71 bits per heavy atom. The molecule has 0 aromatic carbocycles. The average Bonchev–Trinajstić information content (AvgIpc) is 2.00. The van der Waals surface area contributed by atoms with E-state index in [1.807, 2.05) is 0 Å². The molecule has 0 bridgehead atoms. The lowest BCUT2D eigenvalue weighted by atomic mass is 10.5. The van der Waals surface area contributed by atoms with Crippen molar-refractivity contribution in [3.8, 4) is 0 Å². The van der Waals surface area contributed by atoms with Gasteiger partial charge in [-0.1, -0.05) is 11.6 Å². The molecule has 1 heterocycles. The second-order valence-electron chi connectivity index (χ2n) is 2.64. The maximum absolute atomic E-state index is 10.6. The van der Waals surface area contributed by atoms with Gasteiger partial charge in [-0.2, -0.15) is 0 Å². The summed E-state index contributed by atoms with van der Waals surface area (Å²) in [4.78, 5) is 19.7. The normalized spacial score (nSPS) is 9.93. The molecule has 0 saturated heterocycles. The zero-order chi connectivity index (χ0) is 10.7. The van der Waals surface area contributed by atoms with E-state index in [0.717, 1.165) is 0 Å². The van der Waals surface area contributed by atoms with Crippen molar-refractivity contribution in [2.45, 2.75) is 0 Å². The molecule has 7 heteroatoms. The molecule has 5 nitrogen and oxygen atoms in total. The number of primary amides is 1. The summed E-state index contributed by atoms with van der Waals surface area (Å²) >= 11 is 11.2. The third kappa shape index (κ3) is 3.01. The minimum Gasteiger partial charge on any atom is -0.368 e. The molecule has 1 aromatic rings. The number of carbonyl (C=O) groups is 1. The molecule has 14 heavy (non-hydrogen) atoms. The van der Waals surface area contributed by atoms with Crippen molar-refractivity contribution in [2.75, 3.05) is 18.5 Å². The van der Waals surface area contributed by atoms with E-state index < -0.39 is 5.91 Å². The Morgan fingerprint density at radius 2 is 2.21 bits per heavy atom. The van der Waals surface area contributed by atoms with E-state index in [1.54, 1.807) is 7.05 Å². The van der Waals surface area contributed by atoms with Crippen LogP contribution in [0.1, 0.15) is 0 Å². The van der Waals surface area contributed by atoms with Gasteiger partial charge in [0.15, 0.2) is 0 Å². The first-order valence-electron chi connectivity index (χ1n) is 3.68. The highest BCUT2D eigenvalue weighted by Gasteiger charge is 2.08. The van der Waals surface area contributed by atoms with Crippen LogP contribution in [0.2, 0.25) is 10.4 Å². The summed E-state index contributed by atoms with van der Waals surface area (Å²) in [6.45, 7) is 0.0453. The molecular weight excluding hydrogens is 227 g/mol. The Kier molecular flexibility index (Phi) is 3.49. The Balaban J connectivity index is 2.89. The van der Waals surface area contributed by atoms with Crippen LogP contribution in [0.5, 0.6) is 0 Å². The minimum atomic E-state index is -0.460. The number of hydrogen-bond acceptors (Lipinski definition) is 4. The molecule has 1 rings (SSSR count). The van der Waals surface area contributed by atoms with E-state index in [4.69, 9.17) is 28.9 Å². The smallest absolute Gasteiger partial charge is 0.236 e. The fourth-order valence-electron chi connectivity index (χ4n) is 0.889. The first-order chi connectivity index (χ1) is 6.49. The summed E-state index contributed by atoms with van der Waals surface area (Å²) in [5, 5.41) is 0.250. The van der Waals surface area contributed by atoms with Crippen LogP contribution in [-0.2, 0) is 4.79 Å². The summed E-state index contributed by atoms with van der Waals surface area (Å²) in [6.07, 6.45) is 0. The van der Waals surface area contributed by atoms with Crippen LogP contribution in [-0.4, -0.2) is 29.5 Å². The highest BCUT2D eigenvalue weighted by Crippen LogP contribution is 2.16. The minimum absolute atomic E-state index is 0.0313. The molecule has 0 unspecified atom stereocenters. The standard InChI is InChI=1S/C7H8Cl2N4O/c1-13(3-5(10)14)6-2-4(8)11-7(9)12-6/h2H,3H2,1H3,(H2,10,14). The Hall–Kier alpha value is -1.07. The molecule has 0 radical (unpaired) electrons. The molecule has 0 fully saturated rings. The number of hydrogen-bond donors (Lipinski definition) is 1. The van der Waals surface area contributed by atoms with Gasteiger partial charge in [-0.05, 0) is 11.6 Å². The van der Waals surface area contributed by atoms with Crippen LogP contribution >= 0.6 is 23.2 Å². The predicted molar refractivity (Wildman–Crippen MR) is 54.5 cm³/mol. The molecule has 0 spiro atoms. The average molecular weight is 235 g/mol. The molecule has 2 N–H and O–H groups in total. The summed E-state index contributed by atoms with van der Waals surface area (Å²) < 4.78 is 0. The number of anilines is 1. The molecule has 0 aliphatic heterocycles. The number of rotatable bonds is 3. The molecule has 1 amide bonds. The second-order valence-corrected chi connectivity index (χ2v) is 3.37. The van der Waals surface area contributed by atoms with E-state index in [9.17, 15) is 4.79 Å². The zero-order valence-electron chi connectivity index (χ0n) is 7.37. The van der Waals surface area contributed by atoms with Gasteiger partial charge in [-0.15, -0.1) is 0 Å². The summed E-state index contributed by atoms with van der Waals surface area (Å²) in [7, 11) is 1.65. The first kappa shape index (κ1) is 11.0. The van der Waals surface area contributed by atoms with Gasteiger partial charge in [0.2, 0.25) is 11.2 Å². The van der Waals surface area contributed by atoms with E-state index >= 15 is 0 Å². The number of carbonyl (C=O) groups excluding carboxylic acids is 1. The summed E-state index contributed by atoms with van der Waals surface area (Å²) in [5.41, 5.74) is 5.02. The van der Waals surface area contributed by atoms with Crippen molar-refractivity contribution < 1.29 is 4.79 Å². The van der Waals surface area contributed by atoms with Gasteiger partial charge < -0.3 is 10.6 Å². The third-order valence-corrected chi connectivity index (χ3v) is 1.80. The molecule has 0 atom stereocenters. The van der Waals surface area contributed by atoms with E-state index in [0.29, 0.717) is 5.82 Å². The van der Waals surface area contributed by atoms with Crippen LogP contribution in [0.4, 0.5) is 5.82 Å². The highest BCUT2D eigenvalue weighted by molar-refractivity contribution is 6.32. The van der Waals surface area contributed by atoms with Gasteiger partial charge in [-0.3, -0.25) is 4.79 Å². The monoisotopic (exact) mass is 234 g/mol. The van der Waals surface area contributed by atoms with E-state index in [1.165, 1.54) is 11.0 Å². The number of nitrogens with two attached hydrogens (primary N) is 1. The Bertz CT molecular complexity index is 337. The van der Waals surface area contributed by atoms with Crippen LogP contribution in [0.25, 0.3) is 0 Å². The van der Waals surface area contributed by atoms with Gasteiger partial charge in [0.1, 0.15) is 11.0 Å². The largest absolute Gasteiger partial charge is 0.368 e. The second kappa shape index (κ2) is 4.43.